The van der Waals surface area contributed by atoms with Crippen molar-refractivity contribution in [1.29, 1.82) is 0 Å². The predicted octanol–water partition coefficient (Wildman–Crippen LogP) is 5.04. The minimum absolute atomic E-state index is 0.0287. The van der Waals surface area contributed by atoms with E-state index < -0.39 is 11.3 Å². The van der Waals surface area contributed by atoms with Gasteiger partial charge in [0.1, 0.15) is 17.9 Å². The van der Waals surface area contributed by atoms with Crippen LogP contribution in [0.4, 0.5) is 17.1 Å². The quantitative estimate of drug-likeness (QED) is 0.220. The van der Waals surface area contributed by atoms with Crippen LogP contribution >= 0.6 is 11.8 Å². The van der Waals surface area contributed by atoms with Crippen LogP contribution in [-0.2, 0) is 41.8 Å². The van der Waals surface area contributed by atoms with E-state index in [-0.39, 0.29) is 24.3 Å². The van der Waals surface area contributed by atoms with Gasteiger partial charge in [-0.05, 0) is 60.9 Å². The predicted molar refractivity (Wildman–Crippen MR) is 202 cm³/mol. The van der Waals surface area contributed by atoms with Crippen LogP contribution in [0.2, 0.25) is 0 Å². The van der Waals surface area contributed by atoms with E-state index in [0.29, 0.717) is 55.7 Å². The minimum atomic E-state index is -0.506. The van der Waals surface area contributed by atoms with Crippen molar-refractivity contribution in [3.05, 3.63) is 114 Å². The minimum Gasteiger partial charge on any atom is -0.463 e. The third kappa shape index (κ3) is 9.64. The van der Waals surface area contributed by atoms with E-state index in [2.05, 4.69) is 24.9 Å². The molecule has 1 N–H and O–H groups in total. The monoisotopic (exact) mass is 735 g/mol. The first kappa shape index (κ1) is 37.2. The summed E-state index contributed by atoms with van der Waals surface area (Å²) in [5, 5.41) is 2.97. The molecule has 7 rings (SSSR count). The van der Waals surface area contributed by atoms with Gasteiger partial charge in [0.2, 0.25) is 17.7 Å². The molecule has 4 heterocycles. The number of carbonyl (C=O) groups is 4. The van der Waals surface area contributed by atoms with E-state index in [1.54, 1.807) is 36.5 Å². The summed E-state index contributed by atoms with van der Waals surface area (Å²) in [6.07, 6.45) is 4.25. The maximum Gasteiger partial charge on any atom is 0.293 e. The van der Waals surface area contributed by atoms with Gasteiger partial charge in [0.05, 0.1) is 43.0 Å². The van der Waals surface area contributed by atoms with Crippen molar-refractivity contribution in [3.8, 4) is 0 Å². The van der Waals surface area contributed by atoms with Crippen LogP contribution in [0.15, 0.2) is 96.2 Å². The second-order valence-corrected chi connectivity index (χ2v) is 13.7. The fourth-order valence-corrected chi connectivity index (χ4v) is 7.19. The SMILES string of the molecule is Cc1cnc(CN2C(=O)C(c3ccc(NC(=O)[C@@H]4CCC(=O)N4C)cc3)SC2=Nc2ccc(N3CCOCC3)cc2)cn1.O=COCc1ccccc1. The van der Waals surface area contributed by atoms with Gasteiger partial charge in [-0.25, -0.2) is 4.99 Å². The smallest absolute Gasteiger partial charge is 0.293 e. The van der Waals surface area contributed by atoms with Gasteiger partial charge in [0.25, 0.3) is 6.47 Å². The third-order valence-electron chi connectivity index (χ3n) is 8.99. The highest BCUT2D eigenvalue weighted by Crippen LogP contribution is 2.41. The molecule has 0 spiro atoms. The molecular formula is C39H41N7O6S. The molecule has 0 bridgehead atoms. The van der Waals surface area contributed by atoms with E-state index in [0.717, 1.165) is 41.3 Å². The molecule has 53 heavy (non-hydrogen) atoms. The molecule has 3 aliphatic rings. The Balaban J connectivity index is 0.000000417. The molecule has 0 aliphatic carbocycles. The van der Waals surface area contributed by atoms with Gasteiger partial charge in [-0.3, -0.25) is 34.0 Å². The zero-order chi connectivity index (χ0) is 37.2. The molecular weight excluding hydrogens is 695 g/mol. The number of carbonyl (C=O) groups excluding carboxylic acids is 4. The summed E-state index contributed by atoms with van der Waals surface area (Å²) in [5.74, 6) is -0.343. The second-order valence-electron chi connectivity index (χ2n) is 12.6. The van der Waals surface area contributed by atoms with Crippen molar-refractivity contribution in [1.82, 2.24) is 19.8 Å². The largest absolute Gasteiger partial charge is 0.463 e. The van der Waals surface area contributed by atoms with Gasteiger partial charge >= 0.3 is 0 Å². The zero-order valence-corrected chi connectivity index (χ0v) is 30.4. The Morgan fingerprint density at radius 2 is 1.74 bits per heavy atom. The lowest BCUT2D eigenvalue weighted by Crippen LogP contribution is -2.38. The average molecular weight is 736 g/mol. The Kier molecular flexibility index (Phi) is 12.4. The summed E-state index contributed by atoms with van der Waals surface area (Å²) in [6, 6.07) is 24.4. The normalized spacial score (nSPS) is 19.2. The Morgan fingerprint density at radius 3 is 2.38 bits per heavy atom. The number of amidine groups is 1. The second kappa shape index (κ2) is 17.8. The number of amides is 3. The highest BCUT2D eigenvalue weighted by Gasteiger charge is 2.39. The number of hydrogen-bond donors (Lipinski definition) is 1. The van der Waals surface area contributed by atoms with E-state index >= 15 is 0 Å². The number of rotatable bonds is 10. The summed E-state index contributed by atoms with van der Waals surface area (Å²) >= 11 is 1.39. The Morgan fingerprint density at radius 1 is 1.00 bits per heavy atom. The number of morpholine rings is 1. The fourth-order valence-electron chi connectivity index (χ4n) is 6.01. The fraction of sp³-hybridized carbons (Fsp3) is 0.308. The topological polar surface area (TPSA) is 147 Å². The Bertz CT molecular complexity index is 1900. The summed E-state index contributed by atoms with van der Waals surface area (Å²) in [5.41, 5.74) is 5.76. The maximum absolute atomic E-state index is 13.8. The molecule has 0 saturated carbocycles. The number of likely N-dealkylation sites (N-methyl/N-ethyl adjacent to an activating group) is 1. The number of aryl methyl sites for hydroxylation is 1. The summed E-state index contributed by atoms with van der Waals surface area (Å²) in [7, 11) is 1.65. The standard InChI is InChI=1S/C31H33N7O4S.C8H8O2/c1-20-17-33-24(18-32-20)19-38-30(41)28(21-3-5-22(6-4-21)34-29(40)26-11-12-27(39)36(26)2)43-31(38)35-23-7-9-25(10-8-23)37-13-15-42-16-14-37;9-7-10-6-8-4-2-1-3-5-8/h3-10,17-18,26,28H,11-16,19H2,1-2H3,(H,34,40);1-5,7H,6H2/t26-,28?;/m0./s1. The molecule has 274 valence electrons. The molecule has 0 radical (unpaired) electrons. The number of nitrogens with zero attached hydrogens (tertiary/aromatic N) is 6. The number of anilines is 2. The highest BCUT2D eigenvalue weighted by atomic mass is 32.2. The first-order chi connectivity index (χ1) is 25.8. The van der Waals surface area contributed by atoms with Gasteiger partial charge in [-0.1, -0.05) is 54.2 Å². The maximum atomic E-state index is 13.8. The molecule has 3 amide bonds. The molecule has 3 fully saturated rings. The van der Waals surface area contributed by atoms with Crippen molar-refractivity contribution < 1.29 is 28.7 Å². The van der Waals surface area contributed by atoms with E-state index in [9.17, 15) is 19.2 Å². The Labute approximate surface area is 312 Å². The molecule has 1 aromatic heterocycles. The van der Waals surface area contributed by atoms with Crippen molar-refractivity contribution in [2.45, 2.75) is 44.2 Å². The van der Waals surface area contributed by atoms with Gasteiger partial charge in [0, 0.05) is 44.1 Å². The van der Waals surface area contributed by atoms with Gasteiger partial charge in [-0.15, -0.1) is 0 Å². The molecule has 4 aromatic rings. The van der Waals surface area contributed by atoms with Crippen molar-refractivity contribution in [2.24, 2.45) is 4.99 Å². The van der Waals surface area contributed by atoms with E-state index in [1.165, 1.54) is 16.7 Å². The number of aliphatic imine (C=N–C) groups is 1. The van der Waals surface area contributed by atoms with Gasteiger partial charge < -0.3 is 24.6 Å². The third-order valence-corrected chi connectivity index (χ3v) is 10.2. The Hall–Kier alpha value is -5.60. The van der Waals surface area contributed by atoms with Gasteiger partial charge in [0.15, 0.2) is 5.17 Å². The molecule has 14 heteroatoms. The molecule has 13 nitrogen and oxygen atoms in total. The van der Waals surface area contributed by atoms with Crippen LogP contribution in [-0.4, -0.2) is 88.5 Å². The molecule has 3 aliphatic heterocycles. The van der Waals surface area contributed by atoms with Crippen molar-refractivity contribution in [2.75, 3.05) is 43.6 Å². The summed E-state index contributed by atoms with van der Waals surface area (Å²) in [4.78, 5) is 67.2. The number of nitrogens with one attached hydrogen (secondary N) is 1. The summed E-state index contributed by atoms with van der Waals surface area (Å²) in [6.45, 7) is 6.07. The number of hydrogen-bond acceptors (Lipinski definition) is 11. The van der Waals surface area contributed by atoms with Crippen LogP contribution in [0.5, 0.6) is 0 Å². The first-order valence-corrected chi connectivity index (χ1v) is 18.2. The van der Waals surface area contributed by atoms with Crippen LogP contribution < -0.4 is 10.2 Å². The number of aromatic nitrogens is 2. The lowest BCUT2D eigenvalue weighted by Gasteiger charge is -2.28. The van der Waals surface area contributed by atoms with Crippen LogP contribution in [0.25, 0.3) is 0 Å². The number of benzene rings is 3. The molecule has 1 unspecified atom stereocenters. The number of likely N-dealkylation sites (tertiary alicyclic amines) is 1. The van der Waals surface area contributed by atoms with Crippen molar-refractivity contribution in [3.63, 3.8) is 0 Å². The lowest BCUT2D eigenvalue weighted by molar-refractivity contribution is -0.131. The van der Waals surface area contributed by atoms with E-state index in [1.807, 2.05) is 73.7 Å². The first-order valence-electron chi connectivity index (χ1n) is 17.3. The molecule has 3 aromatic carbocycles. The van der Waals surface area contributed by atoms with Crippen LogP contribution in [0.3, 0.4) is 0 Å². The molecule has 3 saturated heterocycles. The van der Waals surface area contributed by atoms with E-state index in [4.69, 9.17) is 9.73 Å². The zero-order valence-electron chi connectivity index (χ0n) is 29.6. The number of thioether (sulfide) groups is 1. The molecule has 2 atom stereocenters. The number of ether oxygens (including phenoxy) is 2. The van der Waals surface area contributed by atoms with Crippen molar-refractivity contribution >= 4 is 58.2 Å². The highest BCUT2D eigenvalue weighted by molar-refractivity contribution is 8.15. The average Bonchev–Trinajstić information content (AvgIpc) is 3.69. The summed E-state index contributed by atoms with van der Waals surface area (Å²) < 4.78 is 10.0. The van der Waals surface area contributed by atoms with Crippen LogP contribution in [0.1, 0.15) is 40.6 Å². The van der Waals surface area contributed by atoms with Gasteiger partial charge in [-0.2, -0.15) is 0 Å². The lowest BCUT2D eigenvalue weighted by atomic mass is 10.1. The van der Waals surface area contributed by atoms with Crippen LogP contribution in [0, 0.1) is 6.92 Å².